The lowest BCUT2D eigenvalue weighted by atomic mass is 10.1. The van der Waals surface area contributed by atoms with E-state index in [0.717, 1.165) is 18.2 Å². The van der Waals surface area contributed by atoms with Gasteiger partial charge in [-0.1, -0.05) is 6.92 Å². The van der Waals surface area contributed by atoms with Gasteiger partial charge in [0.1, 0.15) is 11.6 Å². The lowest BCUT2D eigenvalue weighted by molar-refractivity contribution is -0.385. The lowest BCUT2D eigenvalue weighted by Crippen LogP contribution is -2.29. The van der Waals surface area contributed by atoms with Crippen molar-refractivity contribution in [2.75, 3.05) is 0 Å². The Hall–Kier alpha value is -2.77. The summed E-state index contributed by atoms with van der Waals surface area (Å²) >= 11 is 0. The first-order valence-electron chi connectivity index (χ1n) is 6.27. The second-order valence-electron chi connectivity index (χ2n) is 4.33. The van der Waals surface area contributed by atoms with Crippen LogP contribution in [0.1, 0.15) is 35.6 Å². The molecule has 8 heteroatoms. The van der Waals surface area contributed by atoms with Crippen LogP contribution in [0.5, 0.6) is 0 Å². The highest BCUT2D eigenvalue weighted by Gasteiger charge is 2.20. The van der Waals surface area contributed by atoms with Gasteiger partial charge in [0, 0.05) is 18.5 Å². The average Bonchev–Trinajstić information content (AvgIpc) is 2.98. The number of rotatable bonds is 5. The summed E-state index contributed by atoms with van der Waals surface area (Å²) in [6.45, 7) is 1.85. The number of nitrogens with one attached hydrogen (secondary N) is 2. The molecule has 2 N–H and O–H groups in total. The Balaban J connectivity index is 2.18. The monoisotopic (exact) mass is 292 g/mol. The van der Waals surface area contributed by atoms with Crippen LogP contribution >= 0.6 is 0 Å². The Bertz CT molecular complexity index is 657. The summed E-state index contributed by atoms with van der Waals surface area (Å²) in [5.41, 5.74) is -0.646. The summed E-state index contributed by atoms with van der Waals surface area (Å²) in [5, 5.41) is 13.2. The zero-order chi connectivity index (χ0) is 15.4. The number of aromatic nitrogens is 2. The van der Waals surface area contributed by atoms with Crippen molar-refractivity contribution < 1.29 is 14.1 Å². The van der Waals surface area contributed by atoms with E-state index in [4.69, 9.17) is 0 Å². The number of hydrogen-bond donors (Lipinski definition) is 2. The second kappa shape index (κ2) is 6.12. The van der Waals surface area contributed by atoms with Crippen LogP contribution in [0.25, 0.3) is 0 Å². The maximum atomic E-state index is 13.8. The van der Waals surface area contributed by atoms with Gasteiger partial charge < -0.3 is 10.3 Å². The Kier molecular flexibility index (Phi) is 4.27. The van der Waals surface area contributed by atoms with Crippen molar-refractivity contribution in [3.05, 3.63) is 57.9 Å². The highest BCUT2D eigenvalue weighted by molar-refractivity contribution is 5.94. The third kappa shape index (κ3) is 3.22. The van der Waals surface area contributed by atoms with Crippen molar-refractivity contribution in [3.63, 3.8) is 0 Å². The van der Waals surface area contributed by atoms with E-state index in [1.165, 1.54) is 0 Å². The second-order valence-corrected chi connectivity index (χ2v) is 4.33. The molecular formula is C13H13FN4O3. The van der Waals surface area contributed by atoms with Gasteiger partial charge >= 0.3 is 0 Å². The SMILES string of the molecule is CCC(NC(=O)c1ccc([N+](=O)[O-])cc1F)c1ncc[nH]1. The van der Waals surface area contributed by atoms with Crippen LogP contribution in [0.3, 0.4) is 0 Å². The Morgan fingerprint density at radius 3 is 2.86 bits per heavy atom. The fourth-order valence-corrected chi connectivity index (χ4v) is 1.87. The van der Waals surface area contributed by atoms with E-state index in [0.29, 0.717) is 12.2 Å². The number of non-ortho nitro benzene ring substituents is 1. The molecule has 0 radical (unpaired) electrons. The van der Waals surface area contributed by atoms with E-state index in [9.17, 15) is 19.3 Å². The fraction of sp³-hybridized carbons (Fsp3) is 0.231. The molecule has 0 aliphatic heterocycles. The Morgan fingerprint density at radius 2 is 2.33 bits per heavy atom. The largest absolute Gasteiger partial charge is 0.347 e. The van der Waals surface area contributed by atoms with Gasteiger partial charge in [-0.2, -0.15) is 0 Å². The van der Waals surface area contributed by atoms with Gasteiger partial charge in [-0.3, -0.25) is 14.9 Å². The first kappa shape index (κ1) is 14.6. The summed E-state index contributed by atoms with van der Waals surface area (Å²) in [4.78, 5) is 28.8. The van der Waals surface area contributed by atoms with Crippen LogP contribution in [0, 0.1) is 15.9 Å². The predicted octanol–water partition coefficient (Wildman–Crippen LogP) is 2.34. The van der Waals surface area contributed by atoms with Crippen LogP contribution < -0.4 is 5.32 Å². The number of H-pyrrole nitrogens is 1. The van der Waals surface area contributed by atoms with E-state index >= 15 is 0 Å². The third-order valence-corrected chi connectivity index (χ3v) is 2.97. The lowest BCUT2D eigenvalue weighted by Gasteiger charge is -2.14. The number of imidazole rings is 1. The van der Waals surface area contributed by atoms with Crippen molar-refractivity contribution in [2.24, 2.45) is 0 Å². The molecule has 2 aromatic rings. The molecular weight excluding hydrogens is 279 g/mol. The molecule has 0 saturated carbocycles. The van der Waals surface area contributed by atoms with Gasteiger partial charge in [0.05, 0.1) is 22.6 Å². The smallest absolute Gasteiger partial charge is 0.272 e. The maximum Gasteiger partial charge on any atom is 0.272 e. The molecule has 1 amide bonds. The van der Waals surface area contributed by atoms with Crippen molar-refractivity contribution in [1.29, 1.82) is 0 Å². The quantitative estimate of drug-likeness (QED) is 0.652. The molecule has 0 fully saturated rings. The zero-order valence-corrected chi connectivity index (χ0v) is 11.2. The molecule has 1 heterocycles. The van der Waals surface area contributed by atoms with E-state index in [1.807, 2.05) is 6.92 Å². The van der Waals surface area contributed by atoms with Crippen LogP contribution in [0.15, 0.2) is 30.6 Å². The zero-order valence-electron chi connectivity index (χ0n) is 11.2. The number of hydrogen-bond acceptors (Lipinski definition) is 4. The summed E-state index contributed by atoms with van der Waals surface area (Å²) in [6.07, 6.45) is 3.74. The fourth-order valence-electron chi connectivity index (χ4n) is 1.87. The van der Waals surface area contributed by atoms with Crippen molar-refractivity contribution in [3.8, 4) is 0 Å². The van der Waals surface area contributed by atoms with Gasteiger partial charge in [0.25, 0.3) is 11.6 Å². The first-order chi connectivity index (χ1) is 10.0. The molecule has 0 spiro atoms. The molecule has 0 aliphatic rings. The predicted molar refractivity (Wildman–Crippen MR) is 72.1 cm³/mol. The van der Waals surface area contributed by atoms with E-state index in [2.05, 4.69) is 15.3 Å². The molecule has 110 valence electrons. The van der Waals surface area contributed by atoms with E-state index in [-0.39, 0.29) is 11.6 Å². The average molecular weight is 292 g/mol. The molecule has 1 atom stereocenters. The van der Waals surface area contributed by atoms with Gasteiger partial charge in [0.15, 0.2) is 0 Å². The minimum absolute atomic E-state index is 0.245. The first-order valence-corrected chi connectivity index (χ1v) is 6.27. The normalized spacial score (nSPS) is 11.9. The summed E-state index contributed by atoms with van der Waals surface area (Å²) in [5.74, 6) is -1.02. The molecule has 1 unspecified atom stereocenters. The minimum Gasteiger partial charge on any atom is -0.347 e. The van der Waals surface area contributed by atoms with Crippen molar-refractivity contribution in [1.82, 2.24) is 15.3 Å². The van der Waals surface area contributed by atoms with Crippen molar-refractivity contribution in [2.45, 2.75) is 19.4 Å². The molecule has 7 nitrogen and oxygen atoms in total. The van der Waals surface area contributed by atoms with Crippen LogP contribution in [-0.4, -0.2) is 20.8 Å². The van der Waals surface area contributed by atoms with Crippen molar-refractivity contribution >= 4 is 11.6 Å². The Labute approximate surface area is 119 Å². The highest BCUT2D eigenvalue weighted by Crippen LogP contribution is 2.18. The topological polar surface area (TPSA) is 101 Å². The van der Waals surface area contributed by atoms with E-state index < -0.39 is 22.3 Å². The number of carbonyl (C=O) groups is 1. The van der Waals surface area contributed by atoms with Gasteiger partial charge in [-0.05, 0) is 12.5 Å². The molecule has 0 aliphatic carbocycles. The van der Waals surface area contributed by atoms with Gasteiger partial charge in [0.2, 0.25) is 0 Å². The molecule has 1 aromatic carbocycles. The van der Waals surface area contributed by atoms with E-state index in [1.54, 1.807) is 12.4 Å². The number of benzene rings is 1. The van der Waals surface area contributed by atoms with Gasteiger partial charge in [-0.15, -0.1) is 0 Å². The highest BCUT2D eigenvalue weighted by atomic mass is 19.1. The number of nitro benzene ring substituents is 1. The number of amides is 1. The standard InChI is InChI=1S/C13H13FN4O3/c1-2-11(12-15-5-6-16-12)17-13(19)9-4-3-8(18(20)21)7-10(9)14/h3-7,11H,2H2,1H3,(H,15,16)(H,17,19). The molecule has 2 rings (SSSR count). The number of nitro groups is 1. The van der Waals surface area contributed by atoms with Crippen LogP contribution in [-0.2, 0) is 0 Å². The molecule has 0 saturated heterocycles. The minimum atomic E-state index is -0.934. The maximum absolute atomic E-state index is 13.8. The van der Waals surface area contributed by atoms with Crippen LogP contribution in [0.2, 0.25) is 0 Å². The molecule has 1 aromatic heterocycles. The summed E-state index contributed by atoms with van der Waals surface area (Å²) in [7, 11) is 0. The molecule has 0 bridgehead atoms. The summed E-state index contributed by atoms with van der Waals surface area (Å²) < 4.78 is 13.8. The van der Waals surface area contributed by atoms with Gasteiger partial charge in [-0.25, -0.2) is 9.37 Å². The third-order valence-electron chi connectivity index (χ3n) is 2.97. The van der Waals surface area contributed by atoms with Crippen LogP contribution in [0.4, 0.5) is 10.1 Å². The Morgan fingerprint density at radius 1 is 1.57 bits per heavy atom. The number of halogens is 1. The summed E-state index contributed by atoms with van der Waals surface area (Å²) in [6, 6.07) is 2.52. The number of carbonyl (C=O) groups excluding carboxylic acids is 1. The number of aromatic amines is 1. The number of nitrogens with zero attached hydrogens (tertiary/aromatic N) is 2. The molecule has 21 heavy (non-hydrogen) atoms.